The molecule has 0 spiro atoms. The van der Waals surface area contributed by atoms with E-state index in [1.165, 1.54) is 6.07 Å². The molecule has 0 aliphatic rings. The lowest BCUT2D eigenvalue weighted by Gasteiger charge is -2.05. The Bertz CT molecular complexity index is 895. The Morgan fingerprint density at radius 1 is 1.15 bits per heavy atom. The zero-order valence-corrected chi connectivity index (χ0v) is 14.2. The van der Waals surface area contributed by atoms with Crippen LogP contribution < -0.4 is 10.1 Å². The van der Waals surface area contributed by atoms with Gasteiger partial charge in [0, 0.05) is 24.9 Å². The number of rotatable bonds is 7. The van der Waals surface area contributed by atoms with Crippen LogP contribution in [0.2, 0.25) is 0 Å². The lowest BCUT2D eigenvalue weighted by molar-refractivity contribution is -0.121. The van der Waals surface area contributed by atoms with E-state index in [0.29, 0.717) is 35.1 Å². The van der Waals surface area contributed by atoms with Gasteiger partial charge in [0.15, 0.2) is 0 Å². The number of carbonyl (C=O) groups is 1. The predicted molar refractivity (Wildman–Crippen MR) is 92.9 cm³/mol. The quantitative estimate of drug-likeness (QED) is 0.704. The number of benzene rings is 2. The molecule has 2 aromatic carbocycles. The van der Waals surface area contributed by atoms with Crippen LogP contribution in [0.15, 0.2) is 52.9 Å². The van der Waals surface area contributed by atoms with Gasteiger partial charge in [0.1, 0.15) is 11.6 Å². The van der Waals surface area contributed by atoms with Crippen LogP contribution in [0.5, 0.6) is 5.75 Å². The van der Waals surface area contributed by atoms with Crippen molar-refractivity contribution < 1.29 is 18.3 Å². The Kier molecular flexibility index (Phi) is 5.58. The van der Waals surface area contributed by atoms with Gasteiger partial charge in [-0.05, 0) is 18.2 Å². The van der Waals surface area contributed by atoms with E-state index in [9.17, 15) is 9.18 Å². The number of para-hydroxylation sites is 1. The molecule has 0 radical (unpaired) electrons. The van der Waals surface area contributed by atoms with E-state index < -0.39 is 0 Å². The SMILES string of the molecule is COc1ccccc1-c1nnc(CCC(=O)NCc2ccccc2F)o1. The number of hydrogen-bond acceptors (Lipinski definition) is 5. The topological polar surface area (TPSA) is 77.2 Å². The molecule has 0 atom stereocenters. The molecule has 0 saturated heterocycles. The summed E-state index contributed by atoms with van der Waals surface area (Å²) < 4.78 is 24.4. The van der Waals surface area contributed by atoms with Crippen LogP contribution >= 0.6 is 0 Å². The van der Waals surface area contributed by atoms with Crippen LogP contribution in [0.4, 0.5) is 4.39 Å². The lowest BCUT2D eigenvalue weighted by Crippen LogP contribution is -2.23. The Hall–Kier alpha value is -3.22. The highest BCUT2D eigenvalue weighted by atomic mass is 19.1. The maximum atomic E-state index is 13.5. The molecule has 0 aliphatic heterocycles. The first kappa shape index (κ1) is 17.6. The summed E-state index contributed by atoms with van der Waals surface area (Å²) in [6, 6.07) is 13.6. The third kappa shape index (κ3) is 4.24. The van der Waals surface area contributed by atoms with Crippen molar-refractivity contribution in [2.75, 3.05) is 7.11 Å². The van der Waals surface area contributed by atoms with E-state index in [1.807, 2.05) is 18.2 Å². The molecule has 0 unspecified atom stereocenters. The maximum absolute atomic E-state index is 13.5. The molecule has 1 heterocycles. The van der Waals surface area contributed by atoms with Gasteiger partial charge >= 0.3 is 0 Å². The first-order valence-electron chi connectivity index (χ1n) is 8.13. The highest BCUT2D eigenvalue weighted by Crippen LogP contribution is 2.28. The van der Waals surface area contributed by atoms with Gasteiger partial charge in [-0.25, -0.2) is 4.39 Å². The average molecular weight is 355 g/mol. The fourth-order valence-corrected chi connectivity index (χ4v) is 2.43. The number of amides is 1. The van der Waals surface area contributed by atoms with Crippen molar-refractivity contribution in [3.63, 3.8) is 0 Å². The van der Waals surface area contributed by atoms with Gasteiger partial charge in [-0.1, -0.05) is 30.3 Å². The van der Waals surface area contributed by atoms with Crippen molar-refractivity contribution in [2.24, 2.45) is 0 Å². The third-order valence-electron chi connectivity index (χ3n) is 3.80. The van der Waals surface area contributed by atoms with E-state index >= 15 is 0 Å². The molecule has 0 bridgehead atoms. The minimum absolute atomic E-state index is 0.141. The van der Waals surface area contributed by atoms with E-state index in [2.05, 4.69) is 15.5 Å². The van der Waals surface area contributed by atoms with Gasteiger partial charge in [0.2, 0.25) is 11.8 Å². The zero-order chi connectivity index (χ0) is 18.4. The number of nitrogens with one attached hydrogen (secondary N) is 1. The van der Waals surface area contributed by atoms with E-state index in [4.69, 9.17) is 9.15 Å². The molecule has 0 aliphatic carbocycles. The lowest BCUT2D eigenvalue weighted by atomic mass is 10.2. The Morgan fingerprint density at radius 3 is 2.73 bits per heavy atom. The first-order valence-corrected chi connectivity index (χ1v) is 8.13. The second kappa shape index (κ2) is 8.24. The highest BCUT2D eigenvalue weighted by Gasteiger charge is 2.14. The van der Waals surface area contributed by atoms with Crippen LogP contribution in [0.1, 0.15) is 17.9 Å². The molecule has 26 heavy (non-hydrogen) atoms. The molecular formula is C19H18FN3O3. The van der Waals surface area contributed by atoms with Crippen LogP contribution in [-0.2, 0) is 17.8 Å². The van der Waals surface area contributed by atoms with E-state index in [0.717, 1.165) is 0 Å². The number of aromatic nitrogens is 2. The minimum atomic E-state index is -0.342. The summed E-state index contributed by atoms with van der Waals surface area (Å²) in [4.78, 5) is 11.9. The number of halogens is 1. The van der Waals surface area contributed by atoms with Gasteiger partial charge in [-0.3, -0.25) is 4.79 Å². The third-order valence-corrected chi connectivity index (χ3v) is 3.80. The molecule has 1 aromatic heterocycles. The highest BCUT2D eigenvalue weighted by molar-refractivity contribution is 5.76. The Balaban J connectivity index is 1.55. The summed E-state index contributed by atoms with van der Waals surface area (Å²) in [7, 11) is 1.57. The van der Waals surface area contributed by atoms with Gasteiger partial charge in [-0.2, -0.15) is 0 Å². The first-order chi connectivity index (χ1) is 12.7. The fourth-order valence-electron chi connectivity index (χ4n) is 2.43. The average Bonchev–Trinajstić information content (AvgIpc) is 3.14. The van der Waals surface area contributed by atoms with Gasteiger partial charge in [0.05, 0.1) is 12.7 Å². The molecule has 1 N–H and O–H groups in total. The summed E-state index contributed by atoms with van der Waals surface area (Å²) in [5, 5.41) is 10.6. The number of ether oxygens (including phenoxy) is 1. The second-order valence-corrected chi connectivity index (χ2v) is 5.57. The summed E-state index contributed by atoms with van der Waals surface area (Å²) in [5.74, 6) is 0.762. The molecule has 6 nitrogen and oxygen atoms in total. The van der Waals surface area contributed by atoms with Crippen LogP contribution in [0.3, 0.4) is 0 Å². The molecule has 3 rings (SSSR count). The predicted octanol–water partition coefficient (Wildman–Crippen LogP) is 3.13. The monoisotopic (exact) mass is 355 g/mol. The van der Waals surface area contributed by atoms with Gasteiger partial charge in [0.25, 0.3) is 5.89 Å². The molecule has 1 amide bonds. The summed E-state index contributed by atoms with van der Waals surface area (Å²) in [6.07, 6.45) is 0.466. The minimum Gasteiger partial charge on any atom is -0.496 e. The Morgan fingerprint density at radius 2 is 1.92 bits per heavy atom. The van der Waals surface area contributed by atoms with Crippen LogP contribution in [-0.4, -0.2) is 23.2 Å². The Labute approximate surface area is 150 Å². The summed E-state index contributed by atoms with van der Waals surface area (Å²) in [6.45, 7) is 0.141. The van der Waals surface area contributed by atoms with Crippen LogP contribution in [0.25, 0.3) is 11.5 Å². The second-order valence-electron chi connectivity index (χ2n) is 5.57. The largest absolute Gasteiger partial charge is 0.496 e. The van der Waals surface area contributed by atoms with Crippen LogP contribution in [0, 0.1) is 5.82 Å². The number of nitrogens with zero attached hydrogens (tertiary/aromatic N) is 2. The number of hydrogen-bond donors (Lipinski definition) is 1. The molecule has 134 valence electrons. The number of methoxy groups -OCH3 is 1. The van der Waals surface area contributed by atoms with Crippen molar-refractivity contribution in [1.29, 1.82) is 0 Å². The number of aryl methyl sites for hydroxylation is 1. The zero-order valence-electron chi connectivity index (χ0n) is 14.2. The fraction of sp³-hybridized carbons (Fsp3) is 0.211. The van der Waals surface area contributed by atoms with Gasteiger partial charge < -0.3 is 14.5 Å². The van der Waals surface area contributed by atoms with Gasteiger partial charge in [-0.15, -0.1) is 10.2 Å². The standard InChI is InChI=1S/C19H18FN3O3/c1-25-16-9-5-3-7-14(16)19-23-22-18(26-19)11-10-17(24)21-12-13-6-2-4-8-15(13)20/h2-9H,10-12H2,1H3,(H,21,24). The maximum Gasteiger partial charge on any atom is 0.251 e. The summed E-state index contributed by atoms with van der Waals surface area (Å²) >= 11 is 0. The van der Waals surface area contributed by atoms with E-state index in [1.54, 1.807) is 31.4 Å². The molecule has 0 saturated carbocycles. The molecular weight excluding hydrogens is 337 g/mol. The van der Waals surface area contributed by atoms with Crippen molar-refractivity contribution in [2.45, 2.75) is 19.4 Å². The van der Waals surface area contributed by atoms with E-state index in [-0.39, 0.29) is 24.7 Å². The van der Waals surface area contributed by atoms with Crippen molar-refractivity contribution in [3.05, 3.63) is 65.8 Å². The molecule has 7 heteroatoms. The number of carbonyl (C=O) groups excluding carboxylic acids is 1. The van der Waals surface area contributed by atoms with Crippen molar-refractivity contribution in [1.82, 2.24) is 15.5 Å². The van der Waals surface area contributed by atoms with Crippen molar-refractivity contribution in [3.8, 4) is 17.2 Å². The molecule has 3 aromatic rings. The molecule has 0 fully saturated rings. The van der Waals surface area contributed by atoms with Crippen molar-refractivity contribution >= 4 is 5.91 Å². The normalized spacial score (nSPS) is 10.5. The summed E-state index contributed by atoms with van der Waals surface area (Å²) in [5.41, 5.74) is 1.13. The smallest absolute Gasteiger partial charge is 0.251 e.